The third-order valence-electron chi connectivity index (χ3n) is 3.28. The number of carbonyl (C=O) groups is 1. The number of aromatic nitrogens is 2. The molecule has 0 saturated heterocycles. The third-order valence-corrected chi connectivity index (χ3v) is 3.28. The van der Waals surface area contributed by atoms with Crippen LogP contribution in [-0.2, 0) is 11.6 Å². The number of halogens is 3. The predicted molar refractivity (Wildman–Crippen MR) is 75.8 cm³/mol. The van der Waals surface area contributed by atoms with Gasteiger partial charge in [-0.15, -0.1) is 0 Å². The standard InChI is InChI=1S/C15H16F3N3O/c1-14(2,3)9-4-6-10(7-5-9)21-8-20-11(13(19)22)12(21)15(16,17)18/h4-8H,1-3H3,(H2,19,22). The summed E-state index contributed by atoms with van der Waals surface area (Å²) in [6, 6.07) is 6.61. The van der Waals surface area contributed by atoms with Gasteiger partial charge in [0, 0.05) is 5.69 Å². The van der Waals surface area contributed by atoms with Gasteiger partial charge in [-0.1, -0.05) is 32.9 Å². The van der Waals surface area contributed by atoms with Gasteiger partial charge in [0.2, 0.25) is 0 Å². The van der Waals surface area contributed by atoms with E-state index in [0.29, 0.717) is 0 Å². The van der Waals surface area contributed by atoms with Crippen molar-refractivity contribution in [2.24, 2.45) is 5.73 Å². The molecule has 2 N–H and O–H groups in total. The summed E-state index contributed by atoms with van der Waals surface area (Å²) >= 11 is 0. The molecule has 0 spiro atoms. The van der Waals surface area contributed by atoms with Crippen molar-refractivity contribution in [1.82, 2.24) is 9.55 Å². The second-order valence-electron chi connectivity index (χ2n) is 5.97. The largest absolute Gasteiger partial charge is 0.434 e. The fourth-order valence-electron chi connectivity index (χ4n) is 2.12. The van der Waals surface area contributed by atoms with Crippen LogP contribution in [0.2, 0.25) is 0 Å². The lowest BCUT2D eigenvalue weighted by Gasteiger charge is -2.19. The monoisotopic (exact) mass is 311 g/mol. The molecule has 0 fully saturated rings. The summed E-state index contributed by atoms with van der Waals surface area (Å²) < 4.78 is 40.4. The minimum Gasteiger partial charge on any atom is -0.364 e. The highest BCUT2D eigenvalue weighted by molar-refractivity contribution is 5.92. The van der Waals surface area contributed by atoms with Crippen molar-refractivity contribution >= 4 is 5.91 Å². The summed E-state index contributed by atoms with van der Waals surface area (Å²) in [6.07, 6.45) is -3.78. The van der Waals surface area contributed by atoms with Crippen LogP contribution in [0.15, 0.2) is 30.6 Å². The zero-order valence-corrected chi connectivity index (χ0v) is 12.4. The summed E-state index contributed by atoms with van der Waals surface area (Å²) in [5.74, 6) is -1.21. The number of nitrogens with zero attached hydrogens (tertiary/aromatic N) is 2. The van der Waals surface area contributed by atoms with E-state index in [1.807, 2.05) is 20.8 Å². The molecule has 1 amide bonds. The molecule has 0 unspecified atom stereocenters. The van der Waals surface area contributed by atoms with Crippen LogP contribution < -0.4 is 5.73 Å². The first kappa shape index (κ1) is 16.1. The van der Waals surface area contributed by atoms with Crippen molar-refractivity contribution in [3.63, 3.8) is 0 Å². The number of hydrogen-bond donors (Lipinski definition) is 1. The number of imidazole rings is 1. The van der Waals surface area contributed by atoms with Crippen molar-refractivity contribution in [1.29, 1.82) is 0 Å². The molecule has 2 aromatic rings. The highest BCUT2D eigenvalue weighted by Gasteiger charge is 2.40. The summed E-state index contributed by atoms with van der Waals surface area (Å²) in [5, 5.41) is 0. The Bertz CT molecular complexity index is 694. The number of alkyl halides is 3. The number of nitrogens with two attached hydrogens (primary N) is 1. The molecule has 0 aliphatic heterocycles. The van der Waals surface area contributed by atoms with Gasteiger partial charge in [-0.3, -0.25) is 9.36 Å². The molecule has 0 bridgehead atoms. The Morgan fingerprint density at radius 1 is 1.14 bits per heavy atom. The first-order valence-electron chi connectivity index (χ1n) is 6.57. The Morgan fingerprint density at radius 3 is 2.09 bits per heavy atom. The third kappa shape index (κ3) is 2.98. The Hall–Kier alpha value is -2.31. The Kier molecular flexibility index (Phi) is 3.76. The molecule has 0 saturated carbocycles. The quantitative estimate of drug-likeness (QED) is 0.925. The van der Waals surface area contributed by atoms with Crippen LogP contribution >= 0.6 is 0 Å². The van der Waals surface area contributed by atoms with Gasteiger partial charge in [0.05, 0.1) is 0 Å². The number of primary amides is 1. The molecule has 1 aromatic heterocycles. The van der Waals surface area contributed by atoms with Gasteiger partial charge in [-0.05, 0) is 23.1 Å². The van der Waals surface area contributed by atoms with Crippen LogP contribution in [0, 0.1) is 0 Å². The predicted octanol–water partition coefficient (Wildman–Crippen LogP) is 3.29. The zero-order valence-electron chi connectivity index (χ0n) is 12.4. The van der Waals surface area contributed by atoms with Crippen LogP contribution in [0.1, 0.15) is 42.5 Å². The van der Waals surface area contributed by atoms with E-state index in [4.69, 9.17) is 5.73 Å². The van der Waals surface area contributed by atoms with Gasteiger partial charge in [0.1, 0.15) is 6.33 Å². The average molecular weight is 311 g/mol. The van der Waals surface area contributed by atoms with Crippen molar-refractivity contribution in [2.75, 3.05) is 0 Å². The number of rotatable bonds is 2. The van der Waals surface area contributed by atoms with Crippen molar-refractivity contribution in [2.45, 2.75) is 32.4 Å². The molecule has 7 heteroatoms. The second-order valence-corrected chi connectivity index (χ2v) is 5.97. The molecule has 2 rings (SSSR count). The molecular formula is C15H16F3N3O. The molecule has 22 heavy (non-hydrogen) atoms. The maximum absolute atomic E-state index is 13.2. The molecule has 1 heterocycles. The smallest absolute Gasteiger partial charge is 0.364 e. The fourth-order valence-corrected chi connectivity index (χ4v) is 2.12. The van der Waals surface area contributed by atoms with E-state index in [9.17, 15) is 18.0 Å². The van der Waals surface area contributed by atoms with Gasteiger partial charge < -0.3 is 5.73 Å². The molecule has 4 nitrogen and oxygen atoms in total. The topological polar surface area (TPSA) is 60.9 Å². The van der Waals surface area contributed by atoms with Crippen LogP contribution in [0.5, 0.6) is 0 Å². The SMILES string of the molecule is CC(C)(C)c1ccc(-n2cnc(C(N)=O)c2C(F)(F)F)cc1. The van der Waals surface area contributed by atoms with Gasteiger partial charge in [-0.25, -0.2) is 4.98 Å². The molecule has 0 radical (unpaired) electrons. The first-order valence-corrected chi connectivity index (χ1v) is 6.57. The van der Waals surface area contributed by atoms with Crippen molar-refractivity contribution in [3.05, 3.63) is 47.5 Å². The van der Waals surface area contributed by atoms with Crippen LogP contribution in [0.4, 0.5) is 13.2 Å². The molecule has 1 aromatic carbocycles. The highest BCUT2D eigenvalue weighted by atomic mass is 19.4. The summed E-state index contributed by atoms with van der Waals surface area (Å²) in [4.78, 5) is 14.6. The van der Waals surface area contributed by atoms with Gasteiger partial charge in [0.15, 0.2) is 11.4 Å². The van der Waals surface area contributed by atoms with Gasteiger partial charge in [-0.2, -0.15) is 13.2 Å². The van der Waals surface area contributed by atoms with Crippen molar-refractivity contribution < 1.29 is 18.0 Å². The molecule has 0 aliphatic carbocycles. The molecular weight excluding hydrogens is 295 g/mol. The Morgan fingerprint density at radius 2 is 1.68 bits per heavy atom. The first-order chi connectivity index (χ1) is 10.0. The van der Waals surface area contributed by atoms with Crippen LogP contribution in [-0.4, -0.2) is 15.5 Å². The van der Waals surface area contributed by atoms with Crippen LogP contribution in [0.3, 0.4) is 0 Å². The van der Waals surface area contributed by atoms with Crippen molar-refractivity contribution in [3.8, 4) is 5.69 Å². The second kappa shape index (κ2) is 5.15. The Labute approximate surface area is 125 Å². The summed E-state index contributed by atoms with van der Waals surface area (Å²) in [7, 11) is 0. The summed E-state index contributed by atoms with van der Waals surface area (Å²) in [6.45, 7) is 6.02. The van der Waals surface area contributed by atoms with E-state index in [2.05, 4.69) is 4.98 Å². The molecule has 0 aliphatic rings. The van der Waals surface area contributed by atoms with Gasteiger partial charge >= 0.3 is 6.18 Å². The highest BCUT2D eigenvalue weighted by Crippen LogP contribution is 2.33. The fraction of sp³-hybridized carbons (Fsp3) is 0.333. The van der Waals surface area contributed by atoms with E-state index < -0.39 is 23.5 Å². The van der Waals surface area contributed by atoms with Crippen LogP contribution in [0.25, 0.3) is 5.69 Å². The number of amides is 1. The average Bonchev–Trinajstić information content (AvgIpc) is 2.82. The van der Waals surface area contributed by atoms with E-state index in [-0.39, 0.29) is 11.1 Å². The lowest BCUT2D eigenvalue weighted by molar-refractivity contribution is -0.142. The Balaban J connectivity index is 2.56. The maximum Gasteiger partial charge on any atom is 0.434 e. The lowest BCUT2D eigenvalue weighted by Crippen LogP contribution is -2.21. The zero-order chi connectivity index (χ0) is 16.7. The number of carbonyl (C=O) groups excluding carboxylic acids is 1. The van der Waals surface area contributed by atoms with E-state index in [1.54, 1.807) is 24.3 Å². The minimum absolute atomic E-state index is 0.112. The van der Waals surface area contributed by atoms with Gasteiger partial charge in [0.25, 0.3) is 5.91 Å². The minimum atomic E-state index is -4.73. The van der Waals surface area contributed by atoms with E-state index >= 15 is 0 Å². The maximum atomic E-state index is 13.2. The normalized spacial score (nSPS) is 12.5. The lowest BCUT2D eigenvalue weighted by atomic mass is 9.87. The number of benzene rings is 1. The number of hydrogen-bond acceptors (Lipinski definition) is 2. The van der Waals surface area contributed by atoms with E-state index in [0.717, 1.165) is 16.5 Å². The van der Waals surface area contributed by atoms with E-state index in [1.165, 1.54) is 0 Å². The molecule has 0 atom stereocenters. The summed E-state index contributed by atoms with van der Waals surface area (Å²) in [5.41, 5.74) is 4.16. The molecule has 118 valence electrons.